The van der Waals surface area contributed by atoms with Gasteiger partial charge in [0.1, 0.15) is 11.2 Å². The molecule has 19 heavy (non-hydrogen) atoms. The molecule has 0 saturated heterocycles. The van der Waals surface area contributed by atoms with Crippen LogP contribution in [0.15, 0.2) is 48.5 Å². The summed E-state index contributed by atoms with van der Waals surface area (Å²) in [7, 11) is 0. The van der Waals surface area contributed by atoms with Crippen LogP contribution in [0.3, 0.4) is 0 Å². The van der Waals surface area contributed by atoms with Crippen LogP contribution in [0.25, 0.3) is 0 Å². The van der Waals surface area contributed by atoms with Gasteiger partial charge in [-0.15, -0.1) is 11.6 Å². The van der Waals surface area contributed by atoms with Crippen LogP contribution in [0, 0.1) is 5.82 Å². The third kappa shape index (κ3) is 3.46. The molecular formula is C14H10Cl2FNO. The summed E-state index contributed by atoms with van der Waals surface area (Å²) in [6.45, 7) is 0. The fourth-order valence-electron chi connectivity index (χ4n) is 1.56. The molecule has 0 aliphatic rings. The lowest BCUT2D eigenvalue weighted by Crippen LogP contribution is -2.18. The van der Waals surface area contributed by atoms with Crippen LogP contribution in [-0.2, 0) is 4.79 Å². The highest BCUT2D eigenvalue weighted by molar-refractivity contribution is 6.33. The zero-order valence-corrected chi connectivity index (χ0v) is 11.3. The Bertz CT molecular complexity index is 589. The van der Waals surface area contributed by atoms with E-state index in [-0.39, 0.29) is 5.69 Å². The van der Waals surface area contributed by atoms with Crippen molar-refractivity contribution in [2.24, 2.45) is 0 Å². The Kier molecular flexibility index (Phi) is 4.40. The molecule has 1 N–H and O–H groups in total. The van der Waals surface area contributed by atoms with Gasteiger partial charge in [-0.1, -0.05) is 41.9 Å². The minimum Gasteiger partial charge on any atom is -0.322 e. The lowest BCUT2D eigenvalue weighted by Gasteiger charge is -2.11. The quantitative estimate of drug-likeness (QED) is 0.836. The summed E-state index contributed by atoms with van der Waals surface area (Å²) in [4.78, 5) is 11.9. The largest absolute Gasteiger partial charge is 0.322 e. The third-order valence-electron chi connectivity index (χ3n) is 2.51. The summed E-state index contributed by atoms with van der Waals surface area (Å²) >= 11 is 11.8. The first-order chi connectivity index (χ1) is 9.08. The number of halogens is 3. The molecule has 0 heterocycles. The standard InChI is InChI=1S/C14H10Cl2FNO/c15-10-6-7-11(17)12(8-10)18-14(19)13(16)9-4-2-1-3-5-9/h1-8,13H,(H,18,19). The second-order valence-electron chi connectivity index (χ2n) is 3.89. The molecule has 0 spiro atoms. The Morgan fingerprint density at radius 2 is 1.84 bits per heavy atom. The zero-order valence-electron chi connectivity index (χ0n) is 9.74. The minimum absolute atomic E-state index is 0.0130. The molecule has 0 aromatic heterocycles. The maximum Gasteiger partial charge on any atom is 0.247 e. The Morgan fingerprint density at radius 1 is 1.16 bits per heavy atom. The molecule has 1 atom stereocenters. The van der Waals surface area contributed by atoms with Crippen molar-refractivity contribution in [2.75, 3.05) is 5.32 Å². The fourth-order valence-corrected chi connectivity index (χ4v) is 1.93. The highest BCUT2D eigenvalue weighted by atomic mass is 35.5. The van der Waals surface area contributed by atoms with Gasteiger partial charge in [0.25, 0.3) is 0 Å². The maximum absolute atomic E-state index is 13.5. The second kappa shape index (κ2) is 6.04. The number of amides is 1. The van der Waals surface area contributed by atoms with Crippen LogP contribution in [0.4, 0.5) is 10.1 Å². The molecule has 0 bridgehead atoms. The van der Waals surface area contributed by atoms with Gasteiger partial charge in [0.2, 0.25) is 5.91 Å². The number of carbonyl (C=O) groups excluding carboxylic acids is 1. The van der Waals surface area contributed by atoms with Gasteiger partial charge in [-0.2, -0.15) is 0 Å². The normalized spacial score (nSPS) is 11.9. The summed E-state index contributed by atoms with van der Waals surface area (Å²) in [5.74, 6) is -1.07. The Balaban J connectivity index is 2.15. The lowest BCUT2D eigenvalue weighted by atomic mass is 10.1. The first-order valence-electron chi connectivity index (χ1n) is 5.53. The van der Waals surface area contributed by atoms with E-state index in [0.717, 1.165) is 0 Å². The summed E-state index contributed by atoms with van der Waals surface area (Å²) in [5, 5.41) is 1.87. The predicted octanol–water partition coefficient (Wildman–Crippen LogP) is 4.40. The first-order valence-corrected chi connectivity index (χ1v) is 6.34. The van der Waals surface area contributed by atoms with Crippen molar-refractivity contribution in [3.63, 3.8) is 0 Å². The third-order valence-corrected chi connectivity index (χ3v) is 3.19. The van der Waals surface area contributed by atoms with Crippen molar-refractivity contribution in [2.45, 2.75) is 5.38 Å². The molecule has 0 aliphatic heterocycles. The summed E-state index contributed by atoms with van der Waals surface area (Å²) < 4.78 is 13.5. The highest BCUT2D eigenvalue weighted by Crippen LogP contribution is 2.24. The van der Waals surface area contributed by atoms with Gasteiger partial charge in [-0.3, -0.25) is 4.79 Å². The van der Waals surface area contributed by atoms with Crippen LogP contribution in [0.1, 0.15) is 10.9 Å². The number of benzene rings is 2. The fraction of sp³-hybridized carbons (Fsp3) is 0.0714. The van der Waals surface area contributed by atoms with E-state index in [1.165, 1.54) is 18.2 Å². The van der Waals surface area contributed by atoms with Crippen molar-refractivity contribution in [3.8, 4) is 0 Å². The maximum atomic E-state index is 13.5. The van der Waals surface area contributed by atoms with Crippen LogP contribution < -0.4 is 5.32 Å². The van der Waals surface area contributed by atoms with Crippen LogP contribution >= 0.6 is 23.2 Å². The molecule has 0 aliphatic carbocycles. The van der Waals surface area contributed by atoms with E-state index in [4.69, 9.17) is 23.2 Å². The monoisotopic (exact) mass is 297 g/mol. The minimum atomic E-state index is -0.889. The molecular weight excluding hydrogens is 288 g/mol. The van der Waals surface area contributed by atoms with E-state index in [0.29, 0.717) is 10.6 Å². The summed E-state index contributed by atoms with van der Waals surface area (Å²) in [6, 6.07) is 12.8. The van der Waals surface area contributed by atoms with E-state index in [1.807, 2.05) is 6.07 Å². The smallest absolute Gasteiger partial charge is 0.247 e. The van der Waals surface area contributed by atoms with Crippen LogP contribution in [-0.4, -0.2) is 5.91 Å². The van der Waals surface area contributed by atoms with Gasteiger partial charge in [0.05, 0.1) is 5.69 Å². The molecule has 2 rings (SSSR count). The Hall–Kier alpha value is -1.58. The second-order valence-corrected chi connectivity index (χ2v) is 4.76. The van der Waals surface area contributed by atoms with Crippen molar-refractivity contribution in [3.05, 3.63) is 64.9 Å². The van der Waals surface area contributed by atoms with E-state index in [1.54, 1.807) is 24.3 Å². The Labute approximate surface area is 120 Å². The van der Waals surface area contributed by atoms with Crippen molar-refractivity contribution >= 4 is 34.8 Å². The molecule has 0 saturated carbocycles. The molecule has 0 radical (unpaired) electrons. The lowest BCUT2D eigenvalue weighted by molar-refractivity contribution is -0.116. The van der Waals surface area contributed by atoms with E-state index in [9.17, 15) is 9.18 Å². The topological polar surface area (TPSA) is 29.1 Å². The number of alkyl halides is 1. The molecule has 2 aromatic rings. The van der Waals surface area contributed by atoms with Gasteiger partial charge >= 0.3 is 0 Å². The predicted molar refractivity (Wildman–Crippen MR) is 75.1 cm³/mol. The first kappa shape index (κ1) is 13.8. The van der Waals surface area contributed by atoms with E-state index >= 15 is 0 Å². The van der Waals surface area contributed by atoms with Gasteiger partial charge in [0, 0.05) is 5.02 Å². The SMILES string of the molecule is O=C(Nc1cc(Cl)ccc1F)C(Cl)c1ccccc1. The van der Waals surface area contributed by atoms with E-state index < -0.39 is 17.1 Å². The van der Waals surface area contributed by atoms with Gasteiger partial charge < -0.3 is 5.32 Å². The molecule has 2 nitrogen and oxygen atoms in total. The van der Waals surface area contributed by atoms with Crippen LogP contribution in [0.5, 0.6) is 0 Å². The number of hydrogen-bond donors (Lipinski definition) is 1. The number of rotatable bonds is 3. The van der Waals surface area contributed by atoms with Gasteiger partial charge in [-0.05, 0) is 23.8 Å². The highest BCUT2D eigenvalue weighted by Gasteiger charge is 2.18. The molecule has 5 heteroatoms. The number of nitrogens with one attached hydrogen (secondary N) is 1. The zero-order chi connectivity index (χ0) is 13.8. The van der Waals surface area contributed by atoms with E-state index in [2.05, 4.69) is 5.32 Å². The van der Waals surface area contributed by atoms with Gasteiger partial charge in [-0.25, -0.2) is 4.39 Å². The number of hydrogen-bond acceptors (Lipinski definition) is 1. The van der Waals surface area contributed by atoms with Crippen molar-refractivity contribution in [1.82, 2.24) is 0 Å². The van der Waals surface area contributed by atoms with Crippen LogP contribution in [0.2, 0.25) is 5.02 Å². The average Bonchev–Trinajstić information content (AvgIpc) is 2.43. The molecule has 98 valence electrons. The Morgan fingerprint density at radius 3 is 2.53 bits per heavy atom. The average molecular weight is 298 g/mol. The molecule has 2 aromatic carbocycles. The molecule has 1 amide bonds. The molecule has 0 fully saturated rings. The number of anilines is 1. The van der Waals surface area contributed by atoms with Crippen molar-refractivity contribution in [1.29, 1.82) is 0 Å². The summed E-state index contributed by atoms with van der Waals surface area (Å²) in [5.41, 5.74) is 0.656. The van der Waals surface area contributed by atoms with Gasteiger partial charge in [0.15, 0.2) is 0 Å². The summed E-state index contributed by atoms with van der Waals surface area (Å²) in [6.07, 6.45) is 0. The number of carbonyl (C=O) groups is 1. The molecule has 1 unspecified atom stereocenters. The van der Waals surface area contributed by atoms with Crippen molar-refractivity contribution < 1.29 is 9.18 Å².